The molecular formula is C14H20N2O3. The minimum Gasteiger partial charge on any atom is -0.478 e. The molecule has 1 aliphatic rings. The molecule has 0 aliphatic carbocycles. The smallest absolute Gasteiger partial charge is 0.268 e. The van der Waals surface area contributed by atoms with Crippen molar-refractivity contribution in [3.63, 3.8) is 0 Å². The highest BCUT2D eigenvalue weighted by molar-refractivity contribution is 6.00. The summed E-state index contributed by atoms with van der Waals surface area (Å²) in [5.41, 5.74) is 7.49. The number of aliphatic hydroxyl groups is 1. The van der Waals surface area contributed by atoms with Crippen molar-refractivity contribution in [3.8, 4) is 5.75 Å². The van der Waals surface area contributed by atoms with E-state index in [-0.39, 0.29) is 25.1 Å². The highest BCUT2D eigenvalue weighted by atomic mass is 16.5. The number of ether oxygens (including phenoxy) is 1. The quantitative estimate of drug-likeness (QED) is 0.857. The van der Waals surface area contributed by atoms with Crippen LogP contribution in [0, 0.1) is 0 Å². The summed E-state index contributed by atoms with van der Waals surface area (Å²) in [5.74, 6) is 0.565. The summed E-state index contributed by atoms with van der Waals surface area (Å²) in [5, 5.41) is 9.14. The molecule has 104 valence electrons. The van der Waals surface area contributed by atoms with Gasteiger partial charge in [-0.2, -0.15) is 0 Å². The van der Waals surface area contributed by atoms with Crippen molar-refractivity contribution < 1.29 is 14.6 Å². The Morgan fingerprint density at radius 3 is 2.84 bits per heavy atom. The molecule has 0 fully saturated rings. The van der Waals surface area contributed by atoms with Crippen molar-refractivity contribution in [1.82, 2.24) is 0 Å². The van der Waals surface area contributed by atoms with Crippen LogP contribution in [-0.2, 0) is 4.79 Å². The first-order valence-electron chi connectivity index (χ1n) is 6.57. The van der Waals surface area contributed by atoms with Crippen LogP contribution in [0.25, 0.3) is 0 Å². The van der Waals surface area contributed by atoms with Crippen molar-refractivity contribution in [1.29, 1.82) is 0 Å². The Hall–Kier alpha value is -1.59. The molecule has 0 radical (unpaired) electrons. The van der Waals surface area contributed by atoms with Crippen LogP contribution in [0.5, 0.6) is 5.75 Å². The van der Waals surface area contributed by atoms with Gasteiger partial charge in [-0.25, -0.2) is 0 Å². The molecule has 3 N–H and O–H groups in total. The average molecular weight is 264 g/mol. The Bertz CT molecular complexity index is 474. The second-order valence-corrected chi connectivity index (χ2v) is 4.74. The number of nitrogens with zero attached hydrogens (tertiary/aromatic N) is 1. The molecule has 0 bridgehead atoms. The summed E-state index contributed by atoms with van der Waals surface area (Å²) >= 11 is 0. The molecule has 2 unspecified atom stereocenters. The molecule has 5 nitrogen and oxygen atoms in total. The van der Waals surface area contributed by atoms with Crippen molar-refractivity contribution in [2.45, 2.75) is 32.4 Å². The number of carbonyl (C=O) groups excluding carboxylic acids is 1. The SMILES string of the molecule is CCC1Oc2ccc(C(C)N)cc2N(CCO)C1=O. The number of anilines is 1. The van der Waals surface area contributed by atoms with E-state index in [0.29, 0.717) is 17.9 Å². The lowest BCUT2D eigenvalue weighted by Gasteiger charge is -2.34. The monoisotopic (exact) mass is 264 g/mol. The van der Waals surface area contributed by atoms with Gasteiger partial charge in [-0.3, -0.25) is 4.79 Å². The highest BCUT2D eigenvalue weighted by Crippen LogP contribution is 2.36. The molecule has 1 heterocycles. The Kier molecular flexibility index (Phi) is 4.07. The number of β-amino-alcohol motifs (C(OH)–C–C–N with tert-alkyl or cyclic N) is 1. The molecule has 0 spiro atoms. The first-order valence-corrected chi connectivity index (χ1v) is 6.57. The fraction of sp³-hybridized carbons (Fsp3) is 0.500. The van der Waals surface area contributed by atoms with Gasteiger partial charge >= 0.3 is 0 Å². The van der Waals surface area contributed by atoms with E-state index < -0.39 is 6.10 Å². The van der Waals surface area contributed by atoms with Crippen LogP contribution in [0.3, 0.4) is 0 Å². The number of rotatable bonds is 4. The van der Waals surface area contributed by atoms with Crippen LogP contribution in [0.15, 0.2) is 18.2 Å². The molecule has 0 saturated carbocycles. The molecule has 2 atom stereocenters. The number of amides is 1. The molecule has 1 aromatic rings. The predicted octanol–water partition coefficient (Wildman–Crippen LogP) is 1.20. The van der Waals surface area contributed by atoms with Gasteiger partial charge in [0.2, 0.25) is 0 Å². The zero-order valence-electron chi connectivity index (χ0n) is 11.3. The van der Waals surface area contributed by atoms with Gasteiger partial charge in [-0.1, -0.05) is 13.0 Å². The van der Waals surface area contributed by atoms with Crippen molar-refractivity contribution in [2.24, 2.45) is 5.73 Å². The fourth-order valence-corrected chi connectivity index (χ4v) is 2.21. The van der Waals surface area contributed by atoms with E-state index >= 15 is 0 Å². The van der Waals surface area contributed by atoms with Gasteiger partial charge < -0.3 is 20.5 Å². The minimum absolute atomic E-state index is 0.0793. The zero-order chi connectivity index (χ0) is 14.0. The maximum absolute atomic E-state index is 12.2. The van der Waals surface area contributed by atoms with E-state index in [9.17, 15) is 4.79 Å². The lowest BCUT2D eigenvalue weighted by molar-refractivity contribution is -0.126. The first-order chi connectivity index (χ1) is 9.08. The number of nitrogens with two attached hydrogens (primary N) is 1. The first kappa shape index (κ1) is 13.8. The number of carbonyl (C=O) groups is 1. The summed E-state index contributed by atoms with van der Waals surface area (Å²) in [4.78, 5) is 13.8. The maximum Gasteiger partial charge on any atom is 0.268 e. The average Bonchev–Trinajstić information content (AvgIpc) is 2.41. The second kappa shape index (κ2) is 5.59. The molecule has 2 rings (SSSR count). The van der Waals surface area contributed by atoms with Crippen LogP contribution in [0.1, 0.15) is 31.9 Å². The van der Waals surface area contributed by atoms with Gasteiger partial charge in [0.15, 0.2) is 6.10 Å². The topological polar surface area (TPSA) is 75.8 Å². The third kappa shape index (κ3) is 2.57. The Balaban J connectivity index is 2.44. The largest absolute Gasteiger partial charge is 0.478 e. The summed E-state index contributed by atoms with van der Waals surface area (Å²) < 4.78 is 5.69. The third-order valence-electron chi connectivity index (χ3n) is 3.30. The predicted molar refractivity (Wildman–Crippen MR) is 73.2 cm³/mol. The third-order valence-corrected chi connectivity index (χ3v) is 3.30. The van der Waals surface area contributed by atoms with Crippen molar-refractivity contribution in [2.75, 3.05) is 18.1 Å². The van der Waals surface area contributed by atoms with Gasteiger partial charge in [-0.05, 0) is 31.0 Å². The lowest BCUT2D eigenvalue weighted by Crippen LogP contribution is -2.46. The summed E-state index contributed by atoms with van der Waals surface area (Å²) in [7, 11) is 0. The van der Waals surface area contributed by atoms with Gasteiger partial charge in [0.05, 0.1) is 12.3 Å². The molecule has 0 saturated heterocycles. The molecule has 5 heteroatoms. The second-order valence-electron chi connectivity index (χ2n) is 4.74. The van der Waals surface area contributed by atoms with E-state index in [1.165, 1.54) is 0 Å². The number of aliphatic hydroxyl groups excluding tert-OH is 1. The van der Waals surface area contributed by atoms with Gasteiger partial charge in [0.25, 0.3) is 5.91 Å². The van der Waals surface area contributed by atoms with E-state index in [1.54, 1.807) is 4.90 Å². The number of hydrogen-bond donors (Lipinski definition) is 2. The molecule has 0 aromatic heterocycles. The maximum atomic E-state index is 12.2. The van der Waals surface area contributed by atoms with Crippen LogP contribution >= 0.6 is 0 Å². The van der Waals surface area contributed by atoms with Crippen molar-refractivity contribution >= 4 is 11.6 Å². The van der Waals surface area contributed by atoms with Crippen molar-refractivity contribution in [3.05, 3.63) is 23.8 Å². The molecule has 1 aliphatic heterocycles. The normalized spacial score (nSPS) is 19.9. The lowest BCUT2D eigenvalue weighted by atomic mass is 10.0. The van der Waals surface area contributed by atoms with E-state index in [2.05, 4.69) is 0 Å². The Morgan fingerprint density at radius 1 is 1.53 bits per heavy atom. The number of fused-ring (bicyclic) bond motifs is 1. The minimum atomic E-state index is -0.472. The zero-order valence-corrected chi connectivity index (χ0v) is 11.3. The molecule has 19 heavy (non-hydrogen) atoms. The van der Waals surface area contributed by atoms with Crippen LogP contribution in [-0.4, -0.2) is 30.3 Å². The Labute approximate surface area is 113 Å². The van der Waals surface area contributed by atoms with Crippen LogP contribution in [0.4, 0.5) is 5.69 Å². The van der Waals surface area contributed by atoms with E-state index in [1.807, 2.05) is 32.0 Å². The van der Waals surface area contributed by atoms with Gasteiger partial charge in [-0.15, -0.1) is 0 Å². The summed E-state index contributed by atoms with van der Waals surface area (Å²) in [6.45, 7) is 3.98. The van der Waals surface area contributed by atoms with E-state index in [4.69, 9.17) is 15.6 Å². The summed E-state index contributed by atoms with van der Waals surface area (Å²) in [6.07, 6.45) is 0.134. The molecular weight excluding hydrogens is 244 g/mol. The Morgan fingerprint density at radius 2 is 2.26 bits per heavy atom. The van der Waals surface area contributed by atoms with E-state index in [0.717, 1.165) is 5.56 Å². The van der Waals surface area contributed by atoms with Crippen LogP contribution in [0.2, 0.25) is 0 Å². The number of hydrogen-bond acceptors (Lipinski definition) is 4. The van der Waals surface area contributed by atoms with Crippen LogP contribution < -0.4 is 15.4 Å². The standard InChI is InChI=1S/C14H20N2O3/c1-3-12-14(18)16(6-7-17)11-8-10(9(2)15)4-5-13(11)19-12/h4-5,8-9,12,17H,3,6-7,15H2,1-2H3. The highest BCUT2D eigenvalue weighted by Gasteiger charge is 2.33. The summed E-state index contributed by atoms with van der Waals surface area (Å²) in [6, 6.07) is 5.50. The van der Waals surface area contributed by atoms with Gasteiger partial charge in [0, 0.05) is 12.6 Å². The number of benzene rings is 1. The fourth-order valence-electron chi connectivity index (χ4n) is 2.21. The van der Waals surface area contributed by atoms with Gasteiger partial charge in [0.1, 0.15) is 5.75 Å². The molecule has 1 amide bonds. The molecule has 1 aromatic carbocycles.